The van der Waals surface area contributed by atoms with E-state index >= 15 is 0 Å². The monoisotopic (exact) mass is 369 g/mol. The molecule has 1 aromatic rings. The molecule has 2 aliphatic carbocycles. The van der Waals surface area contributed by atoms with E-state index in [1.165, 1.54) is 17.7 Å². The SMILES string of the molecule is O=C(CCS(=O)(=O)C1CCCC1)NC(c1cccs1)C1CCCC1. The number of hydrogen-bond donors (Lipinski definition) is 1. The standard InChI is InChI=1S/C18H27NO3S2/c20-17(11-13-24(21,22)15-8-3-4-9-15)19-18(14-6-1-2-7-14)16-10-5-12-23-16/h5,10,12,14-15,18H,1-4,6-9,11,13H2,(H,19,20). The zero-order valence-corrected chi connectivity index (χ0v) is 15.7. The van der Waals surface area contributed by atoms with Crippen LogP contribution in [0.2, 0.25) is 0 Å². The fourth-order valence-corrected chi connectivity index (χ4v) is 6.80. The van der Waals surface area contributed by atoms with Gasteiger partial charge in [-0.1, -0.05) is 31.7 Å². The van der Waals surface area contributed by atoms with Crippen molar-refractivity contribution in [1.29, 1.82) is 0 Å². The van der Waals surface area contributed by atoms with Gasteiger partial charge in [0.15, 0.2) is 9.84 Å². The molecule has 1 N–H and O–H groups in total. The molecular weight excluding hydrogens is 342 g/mol. The lowest BCUT2D eigenvalue weighted by Crippen LogP contribution is -2.34. The summed E-state index contributed by atoms with van der Waals surface area (Å²) in [5.41, 5.74) is 0. The Labute approximate surface area is 149 Å². The van der Waals surface area contributed by atoms with E-state index in [0.717, 1.165) is 38.5 Å². The first-order valence-electron chi connectivity index (χ1n) is 9.10. The predicted molar refractivity (Wildman–Crippen MR) is 97.8 cm³/mol. The van der Waals surface area contributed by atoms with Gasteiger partial charge in [0.25, 0.3) is 0 Å². The quantitative estimate of drug-likeness (QED) is 0.794. The van der Waals surface area contributed by atoms with Gasteiger partial charge in [-0.15, -0.1) is 11.3 Å². The minimum absolute atomic E-state index is 0.00860. The Balaban J connectivity index is 1.57. The van der Waals surface area contributed by atoms with Gasteiger partial charge < -0.3 is 5.32 Å². The molecule has 4 nitrogen and oxygen atoms in total. The fraction of sp³-hybridized carbons (Fsp3) is 0.722. The highest BCUT2D eigenvalue weighted by atomic mass is 32.2. The largest absolute Gasteiger partial charge is 0.348 e. The van der Waals surface area contributed by atoms with Crippen molar-refractivity contribution in [3.05, 3.63) is 22.4 Å². The molecule has 0 radical (unpaired) electrons. The molecule has 1 unspecified atom stereocenters. The van der Waals surface area contributed by atoms with Gasteiger partial charge in [0.05, 0.1) is 17.0 Å². The minimum Gasteiger partial charge on any atom is -0.348 e. The summed E-state index contributed by atoms with van der Waals surface area (Å²) in [6, 6.07) is 4.14. The zero-order valence-electron chi connectivity index (χ0n) is 14.1. The first-order chi connectivity index (χ1) is 11.6. The predicted octanol–water partition coefficient (Wildman–Crippen LogP) is 3.84. The molecule has 134 valence electrons. The van der Waals surface area contributed by atoms with Gasteiger partial charge in [-0.2, -0.15) is 0 Å². The number of rotatable bonds is 7. The van der Waals surface area contributed by atoms with Crippen molar-refractivity contribution in [3.63, 3.8) is 0 Å². The molecule has 0 bridgehead atoms. The Bertz CT molecular complexity index is 627. The number of sulfone groups is 1. The third-order valence-electron chi connectivity index (χ3n) is 5.46. The number of carbonyl (C=O) groups excluding carboxylic acids is 1. The second-order valence-electron chi connectivity index (χ2n) is 7.13. The number of carbonyl (C=O) groups is 1. The van der Waals surface area contributed by atoms with E-state index in [1.54, 1.807) is 11.3 Å². The van der Waals surface area contributed by atoms with Crippen LogP contribution in [0.5, 0.6) is 0 Å². The third-order valence-corrected chi connectivity index (χ3v) is 8.68. The van der Waals surface area contributed by atoms with Crippen LogP contribution in [0, 0.1) is 5.92 Å². The molecule has 2 aliphatic rings. The van der Waals surface area contributed by atoms with Gasteiger partial charge in [-0.05, 0) is 43.0 Å². The molecule has 1 heterocycles. The van der Waals surface area contributed by atoms with Gasteiger partial charge in [0.2, 0.25) is 5.91 Å². The van der Waals surface area contributed by atoms with E-state index in [-0.39, 0.29) is 29.4 Å². The summed E-state index contributed by atoms with van der Waals surface area (Å²) in [4.78, 5) is 13.6. The summed E-state index contributed by atoms with van der Waals surface area (Å²) in [5, 5.41) is 4.95. The van der Waals surface area contributed by atoms with Crippen LogP contribution in [-0.4, -0.2) is 25.3 Å². The molecule has 6 heteroatoms. The molecule has 1 atom stereocenters. The Kier molecular flexibility index (Phi) is 5.98. The summed E-state index contributed by atoms with van der Waals surface area (Å²) >= 11 is 1.67. The molecular formula is C18H27NO3S2. The summed E-state index contributed by atoms with van der Waals surface area (Å²) in [7, 11) is -3.12. The van der Waals surface area contributed by atoms with Crippen molar-refractivity contribution < 1.29 is 13.2 Å². The Morgan fingerprint density at radius 1 is 1.17 bits per heavy atom. The first-order valence-corrected chi connectivity index (χ1v) is 11.7. The molecule has 2 saturated carbocycles. The van der Waals surface area contributed by atoms with Gasteiger partial charge in [-0.25, -0.2) is 8.42 Å². The van der Waals surface area contributed by atoms with Crippen LogP contribution in [0.15, 0.2) is 17.5 Å². The van der Waals surface area contributed by atoms with E-state index < -0.39 is 9.84 Å². The van der Waals surface area contributed by atoms with Crippen molar-refractivity contribution in [2.24, 2.45) is 5.92 Å². The van der Waals surface area contributed by atoms with Crippen LogP contribution in [0.4, 0.5) is 0 Å². The molecule has 1 amide bonds. The maximum Gasteiger partial charge on any atom is 0.221 e. The van der Waals surface area contributed by atoms with Crippen LogP contribution in [0.3, 0.4) is 0 Å². The van der Waals surface area contributed by atoms with Gasteiger partial charge in [0, 0.05) is 11.3 Å². The summed E-state index contributed by atoms with van der Waals surface area (Å²) < 4.78 is 24.7. The van der Waals surface area contributed by atoms with Gasteiger partial charge in [-0.3, -0.25) is 4.79 Å². The van der Waals surface area contributed by atoms with Crippen LogP contribution >= 0.6 is 11.3 Å². The second-order valence-corrected chi connectivity index (χ2v) is 10.5. The highest BCUT2D eigenvalue weighted by Gasteiger charge is 2.31. The third kappa shape index (κ3) is 4.39. The normalized spacial score (nSPS) is 21.2. The van der Waals surface area contributed by atoms with Crippen molar-refractivity contribution in [3.8, 4) is 0 Å². The van der Waals surface area contributed by atoms with Crippen LogP contribution in [0.25, 0.3) is 0 Å². The zero-order chi connectivity index (χ0) is 17.0. The van der Waals surface area contributed by atoms with Crippen LogP contribution < -0.4 is 5.32 Å². The molecule has 0 spiro atoms. The van der Waals surface area contributed by atoms with E-state index in [9.17, 15) is 13.2 Å². The maximum absolute atomic E-state index is 12.4. The average molecular weight is 370 g/mol. The highest BCUT2D eigenvalue weighted by Crippen LogP contribution is 2.37. The molecule has 1 aromatic heterocycles. The molecule has 3 rings (SSSR count). The van der Waals surface area contributed by atoms with Crippen molar-refractivity contribution in [1.82, 2.24) is 5.32 Å². The van der Waals surface area contributed by atoms with Crippen molar-refractivity contribution in [2.45, 2.75) is 69.1 Å². The smallest absolute Gasteiger partial charge is 0.221 e. The lowest BCUT2D eigenvalue weighted by Gasteiger charge is -2.24. The number of thiophene rings is 1. The molecule has 0 aliphatic heterocycles. The number of nitrogens with one attached hydrogen (secondary N) is 1. The summed E-state index contributed by atoms with van der Waals surface area (Å²) in [6.45, 7) is 0. The summed E-state index contributed by atoms with van der Waals surface area (Å²) in [5.74, 6) is 0.353. The Morgan fingerprint density at radius 2 is 1.83 bits per heavy atom. The molecule has 0 aromatic carbocycles. The second kappa shape index (κ2) is 8.00. The van der Waals surface area contributed by atoms with E-state index in [1.807, 2.05) is 11.4 Å². The highest BCUT2D eigenvalue weighted by molar-refractivity contribution is 7.92. The summed E-state index contributed by atoms with van der Waals surface area (Å²) in [6.07, 6.45) is 8.35. The van der Waals surface area contributed by atoms with E-state index in [4.69, 9.17) is 0 Å². The van der Waals surface area contributed by atoms with Crippen molar-refractivity contribution >= 4 is 27.1 Å². The number of hydrogen-bond acceptors (Lipinski definition) is 4. The average Bonchev–Trinajstić information content (AvgIpc) is 3.34. The van der Waals surface area contributed by atoms with E-state index in [0.29, 0.717) is 5.92 Å². The van der Waals surface area contributed by atoms with Crippen LogP contribution in [0.1, 0.15) is 68.7 Å². The Hall–Kier alpha value is -0.880. The van der Waals surface area contributed by atoms with E-state index in [2.05, 4.69) is 11.4 Å². The first kappa shape index (κ1) is 17.9. The van der Waals surface area contributed by atoms with Crippen LogP contribution in [-0.2, 0) is 14.6 Å². The minimum atomic E-state index is -3.12. The fourth-order valence-electron chi connectivity index (χ4n) is 4.07. The lowest BCUT2D eigenvalue weighted by molar-refractivity contribution is -0.121. The molecule has 0 saturated heterocycles. The number of amides is 1. The maximum atomic E-state index is 12.4. The van der Waals surface area contributed by atoms with Crippen molar-refractivity contribution in [2.75, 3.05) is 5.75 Å². The Morgan fingerprint density at radius 3 is 2.46 bits per heavy atom. The van der Waals surface area contributed by atoms with Gasteiger partial charge >= 0.3 is 0 Å². The lowest BCUT2D eigenvalue weighted by atomic mass is 9.96. The molecule has 24 heavy (non-hydrogen) atoms. The topological polar surface area (TPSA) is 63.2 Å². The molecule has 2 fully saturated rings. The van der Waals surface area contributed by atoms with Gasteiger partial charge in [0.1, 0.15) is 0 Å².